The van der Waals surface area contributed by atoms with Crippen molar-refractivity contribution in [2.45, 2.75) is 57.3 Å². The van der Waals surface area contributed by atoms with Gasteiger partial charge in [-0.1, -0.05) is 6.07 Å². The summed E-state index contributed by atoms with van der Waals surface area (Å²) >= 11 is 0. The molecule has 0 unspecified atom stereocenters. The molecule has 0 saturated carbocycles. The Balaban J connectivity index is 1.60. The van der Waals surface area contributed by atoms with Gasteiger partial charge in [-0.3, -0.25) is 9.25 Å². The Labute approximate surface area is 233 Å². The van der Waals surface area contributed by atoms with Crippen molar-refractivity contribution in [2.75, 3.05) is 20.8 Å². The largest absolute Gasteiger partial charge is 0.494 e. The van der Waals surface area contributed by atoms with Crippen LogP contribution >= 0.6 is 0 Å². The number of fused-ring (bicyclic) bond motifs is 1. The van der Waals surface area contributed by atoms with Crippen LogP contribution in [0, 0.1) is 6.92 Å². The number of rotatable bonds is 11. The van der Waals surface area contributed by atoms with Gasteiger partial charge in [-0.25, -0.2) is 18.4 Å². The highest BCUT2D eigenvalue weighted by molar-refractivity contribution is 7.91. The maximum Gasteiger partial charge on any atom is 0.189 e. The van der Waals surface area contributed by atoms with Crippen molar-refractivity contribution < 1.29 is 22.6 Å². The number of aromatic nitrogens is 7. The summed E-state index contributed by atoms with van der Waals surface area (Å²) in [6.07, 6.45) is 4.38. The monoisotopic (exact) mass is 567 g/mol. The number of methoxy groups -OCH3 is 2. The van der Waals surface area contributed by atoms with Gasteiger partial charge >= 0.3 is 0 Å². The van der Waals surface area contributed by atoms with Gasteiger partial charge in [0.15, 0.2) is 27.3 Å². The molecule has 0 N–H and O–H groups in total. The van der Waals surface area contributed by atoms with E-state index in [4.69, 9.17) is 19.3 Å². The smallest absolute Gasteiger partial charge is 0.189 e. The third-order valence-electron chi connectivity index (χ3n) is 6.98. The van der Waals surface area contributed by atoms with Crippen molar-refractivity contribution in [3.63, 3.8) is 0 Å². The lowest BCUT2D eigenvalue weighted by molar-refractivity contribution is 0.0556. The van der Waals surface area contributed by atoms with E-state index in [9.17, 15) is 8.42 Å². The minimum absolute atomic E-state index is 0.192. The topological polar surface area (TPSA) is 136 Å². The van der Waals surface area contributed by atoms with Crippen LogP contribution in [0.25, 0.3) is 17.2 Å². The van der Waals surface area contributed by atoms with Crippen LogP contribution in [0.1, 0.15) is 49.3 Å². The predicted molar refractivity (Wildman–Crippen MR) is 147 cm³/mol. The SMILES string of the molecule is CCO[C@H](c1ncc(C)cn1)[C@H](C)S(=O)(=O)Cc1nnc(-c2cc3n(n2)CCC3)n1-c1c(OC)cccc1OC. The summed E-state index contributed by atoms with van der Waals surface area (Å²) in [4.78, 5) is 8.68. The molecule has 3 aromatic heterocycles. The molecule has 2 atom stereocenters. The van der Waals surface area contributed by atoms with E-state index in [1.807, 2.05) is 17.7 Å². The van der Waals surface area contributed by atoms with Gasteiger partial charge < -0.3 is 14.2 Å². The number of hydrogen-bond acceptors (Lipinski definition) is 10. The van der Waals surface area contributed by atoms with E-state index >= 15 is 0 Å². The van der Waals surface area contributed by atoms with Crippen molar-refractivity contribution in [3.8, 4) is 28.7 Å². The minimum atomic E-state index is -3.86. The highest BCUT2D eigenvalue weighted by Gasteiger charge is 2.36. The first-order chi connectivity index (χ1) is 19.3. The summed E-state index contributed by atoms with van der Waals surface area (Å²) in [5, 5.41) is 12.5. The van der Waals surface area contributed by atoms with Gasteiger partial charge in [0.25, 0.3) is 0 Å². The van der Waals surface area contributed by atoms with Crippen molar-refractivity contribution in [3.05, 3.63) is 59.6 Å². The first-order valence-corrected chi connectivity index (χ1v) is 14.8. The zero-order chi connectivity index (χ0) is 28.4. The Hall–Kier alpha value is -3.84. The van der Waals surface area contributed by atoms with Crippen LogP contribution in [0.15, 0.2) is 36.7 Å². The van der Waals surface area contributed by atoms with Gasteiger partial charge in [-0.2, -0.15) is 5.10 Å². The van der Waals surface area contributed by atoms with Gasteiger partial charge in [-0.15, -0.1) is 10.2 Å². The summed E-state index contributed by atoms with van der Waals surface area (Å²) < 4.78 is 48.6. The standard InChI is InChI=1S/C27H33N7O5S/c1-6-39-25(26-28-14-17(2)15-29-26)18(3)40(35,36)16-23-30-31-27(20-13-19-9-8-12-33(19)32-20)34(23)24-21(37-4)10-7-11-22(24)38-5/h7,10-11,13-15,18,25H,6,8-9,12,16H2,1-5H3/t18-,25-/m0/s1. The van der Waals surface area contributed by atoms with Crippen molar-refractivity contribution in [1.29, 1.82) is 0 Å². The Morgan fingerprint density at radius 3 is 2.40 bits per heavy atom. The Bertz CT molecular complexity index is 1550. The molecule has 1 aromatic carbocycles. The molecule has 4 heterocycles. The normalized spacial score (nSPS) is 14.6. The van der Waals surface area contributed by atoms with E-state index in [0.29, 0.717) is 41.1 Å². The first kappa shape index (κ1) is 27.7. The molecule has 0 fully saturated rings. The van der Waals surface area contributed by atoms with Gasteiger partial charge in [0, 0.05) is 31.2 Å². The number of hydrogen-bond donors (Lipinski definition) is 0. The molecule has 0 radical (unpaired) electrons. The van der Waals surface area contributed by atoms with Gasteiger partial charge in [0.1, 0.15) is 34.7 Å². The third-order valence-corrected chi connectivity index (χ3v) is 9.02. The fraction of sp³-hybridized carbons (Fsp3) is 0.444. The number of para-hydroxylation sites is 1. The average molecular weight is 568 g/mol. The highest BCUT2D eigenvalue weighted by Crippen LogP contribution is 2.37. The summed E-state index contributed by atoms with van der Waals surface area (Å²) in [5.74, 6) is 1.41. The second kappa shape index (κ2) is 11.3. The molecule has 1 aliphatic heterocycles. The molecule has 212 valence electrons. The molecule has 0 aliphatic carbocycles. The van der Waals surface area contributed by atoms with E-state index in [1.54, 1.807) is 63.2 Å². The molecule has 13 heteroatoms. The summed E-state index contributed by atoms with van der Waals surface area (Å²) in [7, 11) is -0.780. The molecular weight excluding hydrogens is 534 g/mol. The van der Waals surface area contributed by atoms with Crippen molar-refractivity contribution in [1.82, 2.24) is 34.5 Å². The van der Waals surface area contributed by atoms with E-state index in [1.165, 1.54) is 0 Å². The average Bonchev–Trinajstić information content (AvgIpc) is 3.66. The first-order valence-electron chi connectivity index (χ1n) is 13.1. The Kier molecular flexibility index (Phi) is 7.86. The highest BCUT2D eigenvalue weighted by atomic mass is 32.2. The van der Waals surface area contributed by atoms with Crippen LogP contribution in [0.2, 0.25) is 0 Å². The summed E-state index contributed by atoms with van der Waals surface area (Å²) in [6.45, 7) is 6.39. The van der Waals surface area contributed by atoms with E-state index < -0.39 is 26.9 Å². The zero-order valence-corrected chi connectivity index (χ0v) is 24.1. The van der Waals surface area contributed by atoms with Gasteiger partial charge in [0.2, 0.25) is 0 Å². The summed E-state index contributed by atoms with van der Waals surface area (Å²) in [6, 6.07) is 7.31. The zero-order valence-electron chi connectivity index (χ0n) is 23.2. The summed E-state index contributed by atoms with van der Waals surface area (Å²) in [5.41, 5.74) is 3.04. The van der Waals surface area contributed by atoms with Crippen LogP contribution in [0.4, 0.5) is 0 Å². The maximum atomic E-state index is 13.9. The van der Waals surface area contributed by atoms with Crippen LogP contribution in [-0.2, 0) is 33.3 Å². The quantitative estimate of drug-likeness (QED) is 0.266. The molecule has 0 spiro atoms. The molecule has 0 bridgehead atoms. The second-order valence-electron chi connectivity index (χ2n) is 9.64. The fourth-order valence-electron chi connectivity index (χ4n) is 4.88. The lowest BCUT2D eigenvalue weighted by Crippen LogP contribution is -2.30. The molecule has 0 saturated heterocycles. The number of aryl methyl sites for hydroxylation is 3. The predicted octanol–water partition coefficient (Wildman–Crippen LogP) is 3.27. The van der Waals surface area contributed by atoms with Crippen LogP contribution in [0.3, 0.4) is 0 Å². The fourth-order valence-corrected chi connectivity index (χ4v) is 6.27. The minimum Gasteiger partial charge on any atom is -0.494 e. The lowest BCUT2D eigenvalue weighted by Gasteiger charge is -2.23. The van der Waals surface area contributed by atoms with Crippen molar-refractivity contribution in [2.24, 2.45) is 0 Å². The number of benzene rings is 1. The van der Waals surface area contributed by atoms with E-state index in [0.717, 1.165) is 30.6 Å². The molecule has 12 nitrogen and oxygen atoms in total. The molecule has 0 amide bonds. The maximum absolute atomic E-state index is 13.9. The Morgan fingerprint density at radius 1 is 1.07 bits per heavy atom. The van der Waals surface area contributed by atoms with E-state index in [2.05, 4.69) is 20.2 Å². The molecule has 1 aliphatic rings. The van der Waals surface area contributed by atoms with Crippen molar-refractivity contribution >= 4 is 9.84 Å². The van der Waals surface area contributed by atoms with Crippen LogP contribution in [-0.4, -0.2) is 69.0 Å². The molecule has 5 rings (SSSR count). The number of sulfone groups is 1. The van der Waals surface area contributed by atoms with Gasteiger partial charge in [-0.05, 0) is 57.4 Å². The third kappa shape index (κ3) is 5.18. The van der Waals surface area contributed by atoms with E-state index in [-0.39, 0.29) is 5.82 Å². The number of ether oxygens (including phenoxy) is 3. The molecular formula is C27H33N7O5S. The Morgan fingerprint density at radius 2 is 1.77 bits per heavy atom. The van der Waals surface area contributed by atoms with Gasteiger partial charge in [0.05, 0.1) is 19.5 Å². The lowest BCUT2D eigenvalue weighted by atomic mass is 10.2. The van der Waals surface area contributed by atoms with Crippen LogP contribution in [0.5, 0.6) is 11.5 Å². The second-order valence-corrected chi connectivity index (χ2v) is 12.0. The molecule has 4 aromatic rings. The molecule has 40 heavy (non-hydrogen) atoms. The number of nitrogens with zero attached hydrogens (tertiary/aromatic N) is 7. The van der Waals surface area contributed by atoms with Crippen LogP contribution < -0.4 is 9.47 Å².